The van der Waals surface area contributed by atoms with Crippen LogP contribution in [-0.4, -0.2) is 61.2 Å². The van der Waals surface area contributed by atoms with Crippen LogP contribution in [0.2, 0.25) is 0 Å². The summed E-state index contributed by atoms with van der Waals surface area (Å²) in [5.74, 6) is 2.22. The van der Waals surface area contributed by atoms with Crippen LogP contribution in [0.15, 0.2) is 53.7 Å². The number of anilines is 2. The zero-order valence-electron chi connectivity index (χ0n) is 19.9. The molecule has 3 aromatic rings. The topological polar surface area (TPSA) is 79.8 Å². The van der Waals surface area contributed by atoms with Gasteiger partial charge in [-0.1, -0.05) is 6.07 Å². The lowest BCUT2D eigenvalue weighted by Gasteiger charge is -2.35. The second-order valence-corrected chi connectivity index (χ2v) is 8.91. The lowest BCUT2D eigenvalue weighted by atomic mass is 10.1. The first-order valence-corrected chi connectivity index (χ1v) is 11.9. The highest BCUT2D eigenvalue weighted by atomic mass is 32.2. The second-order valence-electron chi connectivity index (χ2n) is 8.03. The smallest absolute Gasteiger partial charge is 0.254 e. The average Bonchev–Trinajstić information content (AvgIpc) is 2.88. The summed E-state index contributed by atoms with van der Waals surface area (Å²) in [5.41, 5.74) is 3.53. The van der Waals surface area contributed by atoms with Crippen LogP contribution in [0.25, 0.3) is 0 Å². The Morgan fingerprint density at radius 1 is 0.941 bits per heavy atom. The molecule has 1 saturated heterocycles. The Morgan fingerprint density at radius 2 is 1.65 bits per heavy atom. The number of nitrogens with zero attached hydrogens (tertiary/aromatic N) is 4. The molecular formula is C25H29N5O3S. The Balaban J connectivity index is 1.43. The summed E-state index contributed by atoms with van der Waals surface area (Å²) in [6.07, 6.45) is 3.48. The van der Waals surface area contributed by atoms with Gasteiger partial charge in [-0.3, -0.25) is 4.79 Å². The first kappa shape index (κ1) is 23.7. The zero-order valence-corrected chi connectivity index (χ0v) is 20.7. The highest BCUT2D eigenvalue weighted by Gasteiger charge is 2.24. The minimum Gasteiger partial charge on any atom is -0.496 e. The van der Waals surface area contributed by atoms with Crippen LogP contribution in [-0.2, 0) is 0 Å². The van der Waals surface area contributed by atoms with Crippen molar-refractivity contribution in [2.24, 2.45) is 0 Å². The normalized spacial score (nSPS) is 13.5. The van der Waals surface area contributed by atoms with E-state index < -0.39 is 0 Å². The van der Waals surface area contributed by atoms with Crippen LogP contribution in [0, 0.1) is 13.8 Å². The molecule has 1 aliphatic rings. The molecule has 34 heavy (non-hydrogen) atoms. The fourth-order valence-corrected chi connectivity index (χ4v) is 4.58. The van der Waals surface area contributed by atoms with Crippen LogP contribution >= 0.6 is 11.9 Å². The number of aryl methyl sites for hydroxylation is 2. The van der Waals surface area contributed by atoms with Gasteiger partial charge in [0.2, 0.25) is 5.95 Å². The maximum atomic E-state index is 13.3. The molecule has 9 heteroatoms. The Kier molecular flexibility index (Phi) is 7.42. The predicted molar refractivity (Wildman–Crippen MR) is 135 cm³/mol. The molecule has 1 aromatic heterocycles. The van der Waals surface area contributed by atoms with Crippen molar-refractivity contribution in [2.75, 3.05) is 50.0 Å². The maximum Gasteiger partial charge on any atom is 0.254 e. The maximum absolute atomic E-state index is 13.3. The summed E-state index contributed by atoms with van der Waals surface area (Å²) < 4.78 is 14.2. The summed E-state index contributed by atoms with van der Waals surface area (Å²) in [7, 11) is 3.27. The predicted octanol–water partition coefficient (Wildman–Crippen LogP) is 4.19. The van der Waals surface area contributed by atoms with Crippen molar-refractivity contribution in [2.45, 2.75) is 18.7 Å². The number of piperazine rings is 1. The molecule has 8 nitrogen and oxygen atoms in total. The van der Waals surface area contributed by atoms with Crippen LogP contribution in [0.4, 0.5) is 11.6 Å². The Labute approximate surface area is 204 Å². The zero-order chi connectivity index (χ0) is 24.1. The van der Waals surface area contributed by atoms with Gasteiger partial charge >= 0.3 is 0 Å². The summed E-state index contributed by atoms with van der Waals surface area (Å²) in [6.45, 7) is 6.64. The molecule has 0 radical (unpaired) electrons. The van der Waals surface area contributed by atoms with E-state index in [4.69, 9.17) is 9.47 Å². The van der Waals surface area contributed by atoms with Gasteiger partial charge < -0.3 is 24.0 Å². The Morgan fingerprint density at radius 3 is 2.32 bits per heavy atom. The molecule has 2 aromatic carbocycles. The highest BCUT2D eigenvalue weighted by molar-refractivity contribution is 8.00. The standard InChI is InChI=1S/C25H29N5O3S/c1-17-6-7-19(34-28-21-14-18(2)22(32-3)16-23(21)33-4)15-20(17)24(31)29-10-12-30(13-11-29)25-26-8-5-9-27-25/h5-9,14-16,28H,10-13H2,1-4H3. The van der Waals surface area contributed by atoms with Gasteiger partial charge in [0.1, 0.15) is 11.5 Å². The van der Waals surface area contributed by atoms with Gasteiger partial charge in [-0.15, -0.1) is 0 Å². The number of amides is 1. The molecule has 0 saturated carbocycles. The third-order valence-electron chi connectivity index (χ3n) is 5.84. The van der Waals surface area contributed by atoms with Crippen LogP contribution < -0.4 is 19.1 Å². The van der Waals surface area contributed by atoms with Gasteiger partial charge in [0.25, 0.3) is 5.91 Å². The number of carbonyl (C=O) groups is 1. The summed E-state index contributed by atoms with van der Waals surface area (Å²) >= 11 is 1.44. The van der Waals surface area contributed by atoms with Gasteiger partial charge in [0.15, 0.2) is 0 Å². The SMILES string of the molecule is COc1cc(OC)c(NSc2ccc(C)c(C(=O)N3CCN(c4ncccn4)CC3)c2)cc1C. The van der Waals surface area contributed by atoms with Crippen molar-refractivity contribution in [1.82, 2.24) is 14.9 Å². The molecular weight excluding hydrogens is 450 g/mol. The number of hydrogen-bond donors (Lipinski definition) is 1. The van der Waals surface area contributed by atoms with Gasteiger partial charge in [-0.25, -0.2) is 9.97 Å². The molecule has 0 unspecified atom stereocenters. The largest absolute Gasteiger partial charge is 0.496 e. The van der Waals surface area contributed by atoms with Crippen LogP contribution in [0.5, 0.6) is 11.5 Å². The number of hydrogen-bond acceptors (Lipinski definition) is 8. The average molecular weight is 480 g/mol. The summed E-state index contributed by atoms with van der Waals surface area (Å²) in [6, 6.07) is 11.6. The summed E-state index contributed by atoms with van der Waals surface area (Å²) in [5, 5.41) is 0. The van der Waals surface area contributed by atoms with Gasteiger partial charge in [0, 0.05) is 55.1 Å². The van der Waals surface area contributed by atoms with Crippen molar-refractivity contribution in [3.8, 4) is 11.5 Å². The molecule has 1 N–H and O–H groups in total. The molecule has 178 valence electrons. The molecule has 0 aliphatic carbocycles. The van der Waals surface area contributed by atoms with E-state index in [1.807, 2.05) is 49.1 Å². The number of rotatable bonds is 7. The fraction of sp³-hybridized carbons (Fsp3) is 0.320. The molecule has 2 heterocycles. The second kappa shape index (κ2) is 10.6. The first-order chi connectivity index (χ1) is 16.5. The van der Waals surface area contributed by atoms with E-state index in [1.165, 1.54) is 11.9 Å². The first-order valence-electron chi connectivity index (χ1n) is 11.1. The van der Waals surface area contributed by atoms with Crippen molar-refractivity contribution in [3.63, 3.8) is 0 Å². The van der Waals surface area contributed by atoms with Crippen molar-refractivity contribution >= 4 is 29.5 Å². The molecule has 1 aliphatic heterocycles. The number of benzene rings is 2. The van der Waals surface area contributed by atoms with E-state index in [-0.39, 0.29) is 5.91 Å². The lowest BCUT2D eigenvalue weighted by molar-refractivity contribution is 0.0745. The third kappa shape index (κ3) is 5.20. The molecule has 0 spiro atoms. The quantitative estimate of drug-likeness (QED) is 0.506. The summed E-state index contributed by atoms with van der Waals surface area (Å²) in [4.78, 5) is 26.9. The minimum atomic E-state index is 0.0476. The number of carbonyl (C=O) groups excluding carboxylic acids is 1. The van der Waals surface area contributed by atoms with Gasteiger partial charge in [-0.2, -0.15) is 0 Å². The number of methoxy groups -OCH3 is 2. The number of ether oxygens (including phenoxy) is 2. The van der Waals surface area contributed by atoms with E-state index >= 15 is 0 Å². The molecule has 1 amide bonds. The van der Waals surface area contributed by atoms with Crippen LogP contribution in [0.3, 0.4) is 0 Å². The lowest BCUT2D eigenvalue weighted by Crippen LogP contribution is -2.49. The van der Waals surface area contributed by atoms with Gasteiger partial charge in [-0.05, 0) is 61.2 Å². The van der Waals surface area contributed by atoms with Crippen molar-refractivity contribution in [1.29, 1.82) is 0 Å². The molecule has 1 fully saturated rings. The highest BCUT2D eigenvalue weighted by Crippen LogP contribution is 2.35. The monoisotopic (exact) mass is 479 g/mol. The number of nitrogens with one attached hydrogen (secondary N) is 1. The minimum absolute atomic E-state index is 0.0476. The van der Waals surface area contributed by atoms with Gasteiger partial charge in [0.05, 0.1) is 19.9 Å². The third-order valence-corrected chi connectivity index (χ3v) is 6.65. The van der Waals surface area contributed by atoms with E-state index in [9.17, 15) is 4.79 Å². The molecule has 0 atom stereocenters. The van der Waals surface area contributed by atoms with E-state index in [2.05, 4.69) is 19.6 Å². The van der Waals surface area contributed by atoms with E-state index in [0.717, 1.165) is 27.5 Å². The van der Waals surface area contributed by atoms with Crippen molar-refractivity contribution in [3.05, 3.63) is 65.5 Å². The van der Waals surface area contributed by atoms with Crippen LogP contribution in [0.1, 0.15) is 21.5 Å². The molecule has 4 rings (SSSR count). The Hall–Kier alpha value is -3.46. The number of aromatic nitrogens is 2. The van der Waals surface area contributed by atoms with E-state index in [0.29, 0.717) is 43.4 Å². The molecule has 0 bridgehead atoms. The Bertz CT molecular complexity index is 1150. The van der Waals surface area contributed by atoms with E-state index in [1.54, 1.807) is 32.7 Å². The van der Waals surface area contributed by atoms with Crippen molar-refractivity contribution < 1.29 is 14.3 Å². The fourth-order valence-electron chi connectivity index (χ4n) is 3.88.